The van der Waals surface area contributed by atoms with Crippen LogP contribution < -0.4 is 14.4 Å². The molecule has 2 aromatic rings. The molecule has 0 aromatic heterocycles. The first kappa shape index (κ1) is 25.9. The molecule has 1 atom stereocenters. The lowest BCUT2D eigenvalue weighted by atomic mass is 10.2. The lowest BCUT2D eigenvalue weighted by molar-refractivity contribution is 0.114. The monoisotopic (exact) mass is 523 g/mol. The van der Waals surface area contributed by atoms with Crippen LogP contribution in [-0.4, -0.2) is 73.7 Å². The zero-order chi connectivity index (χ0) is 25.1. The number of piperazine rings is 1. The Balaban J connectivity index is 1.47. The Bertz CT molecular complexity index is 1220. The first-order chi connectivity index (χ1) is 16.7. The summed E-state index contributed by atoms with van der Waals surface area (Å²) in [5.41, 5.74) is 1.71. The van der Waals surface area contributed by atoms with Crippen LogP contribution in [0.2, 0.25) is 0 Å². The van der Waals surface area contributed by atoms with Crippen LogP contribution in [0.4, 0.5) is 5.69 Å². The van der Waals surface area contributed by atoms with Gasteiger partial charge in [-0.25, -0.2) is 21.6 Å². The number of ether oxygens (including phenoxy) is 2. The lowest BCUT2D eigenvalue weighted by Crippen LogP contribution is -2.48. The van der Waals surface area contributed by atoms with E-state index in [9.17, 15) is 16.8 Å². The highest BCUT2D eigenvalue weighted by atomic mass is 32.2. The maximum atomic E-state index is 13.1. The van der Waals surface area contributed by atoms with Gasteiger partial charge in [-0.1, -0.05) is 19.1 Å². The van der Waals surface area contributed by atoms with Crippen molar-refractivity contribution in [1.82, 2.24) is 9.03 Å². The van der Waals surface area contributed by atoms with E-state index >= 15 is 0 Å². The Hall–Kier alpha value is -2.18. The molecule has 0 bridgehead atoms. The maximum absolute atomic E-state index is 13.1. The van der Waals surface area contributed by atoms with E-state index in [1.54, 1.807) is 24.3 Å². The smallest absolute Gasteiger partial charge is 0.243 e. The predicted octanol–water partition coefficient (Wildman–Crippen LogP) is 2.23. The van der Waals surface area contributed by atoms with Gasteiger partial charge in [0.05, 0.1) is 28.7 Å². The summed E-state index contributed by atoms with van der Waals surface area (Å²) in [5.74, 6) is 0.537. The zero-order valence-corrected chi connectivity index (χ0v) is 21.8. The minimum Gasteiger partial charge on any atom is -0.495 e. The van der Waals surface area contributed by atoms with Crippen LogP contribution in [0.15, 0.2) is 52.3 Å². The second kappa shape index (κ2) is 10.8. The first-order valence-electron chi connectivity index (χ1n) is 11.9. The van der Waals surface area contributed by atoms with Crippen molar-refractivity contribution in [1.29, 1.82) is 0 Å². The van der Waals surface area contributed by atoms with Gasteiger partial charge in [0.15, 0.2) is 0 Å². The topological polar surface area (TPSA) is 105 Å². The largest absolute Gasteiger partial charge is 0.495 e. The van der Waals surface area contributed by atoms with Gasteiger partial charge in [0.2, 0.25) is 20.0 Å². The number of hydrogen-bond acceptors (Lipinski definition) is 7. The maximum Gasteiger partial charge on any atom is 0.243 e. The van der Waals surface area contributed by atoms with E-state index in [0.29, 0.717) is 31.1 Å². The Morgan fingerprint density at radius 2 is 1.69 bits per heavy atom. The molecule has 0 radical (unpaired) electrons. The van der Waals surface area contributed by atoms with Crippen LogP contribution in [-0.2, 0) is 31.2 Å². The molecule has 2 aliphatic heterocycles. The molecule has 0 amide bonds. The van der Waals surface area contributed by atoms with Gasteiger partial charge in [-0.3, -0.25) is 0 Å². The van der Waals surface area contributed by atoms with Gasteiger partial charge in [-0.2, -0.15) is 4.31 Å². The fourth-order valence-electron chi connectivity index (χ4n) is 4.39. The van der Waals surface area contributed by atoms with Crippen molar-refractivity contribution in [2.75, 3.05) is 51.3 Å². The van der Waals surface area contributed by atoms with Gasteiger partial charge in [0, 0.05) is 39.3 Å². The molecule has 0 spiro atoms. The Kier molecular flexibility index (Phi) is 8.02. The number of aryl methyl sites for hydroxylation is 1. The highest BCUT2D eigenvalue weighted by Crippen LogP contribution is 2.32. The summed E-state index contributed by atoms with van der Waals surface area (Å²) >= 11 is 0. The Morgan fingerprint density at radius 1 is 1.00 bits per heavy atom. The fourth-order valence-corrected chi connectivity index (χ4v) is 6.90. The van der Waals surface area contributed by atoms with Crippen molar-refractivity contribution >= 4 is 25.7 Å². The van der Waals surface area contributed by atoms with Gasteiger partial charge in [-0.05, 0) is 55.2 Å². The number of nitrogens with zero attached hydrogens (tertiary/aromatic N) is 2. The molecule has 2 aliphatic rings. The SMILES string of the molecule is CCc1ccc(S(=O)(=O)N2CCN(c3cc(S(=O)(=O)NC[C@@H]4CCCO4)ccc3OC)CC2)cc1. The Labute approximate surface area is 208 Å². The third-order valence-electron chi connectivity index (χ3n) is 6.53. The molecule has 11 heteroatoms. The van der Waals surface area contributed by atoms with Crippen molar-refractivity contribution in [2.45, 2.75) is 42.1 Å². The number of sulfonamides is 2. The molecule has 192 valence electrons. The van der Waals surface area contributed by atoms with Crippen LogP contribution in [0, 0.1) is 0 Å². The van der Waals surface area contributed by atoms with Crippen LogP contribution in [0.5, 0.6) is 5.75 Å². The van der Waals surface area contributed by atoms with Gasteiger partial charge in [-0.15, -0.1) is 0 Å². The van der Waals surface area contributed by atoms with Gasteiger partial charge in [0.25, 0.3) is 0 Å². The summed E-state index contributed by atoms with van der Waals surface area (Å²) in [6.45, 7) is 4.32. The standard InChI is InChI=1S/C24H33N3O6S2/c1-3-19-6-8-21(9-7-19)35(30,31)27-14-12-26(13-15-27)23-17-22(10-11-24(23)32-2)34(28,29)25-18-20-5-4-16-33-20/h6-11,17,20,25H,3-5,12-16,18H2,1-2H3/t20-/m0/s1. The van der Waals surface area contributed by atoms with Crippen molar-refractivity contribution < 1.29 is 26.3 Å². The normalized spacial score (nSPS) is 19.7. The van der Waals surface area contributed by atoms with Crippen LogP contribution >= 0.6 is 0 Å². The van der Waals surface area contributed by atoms with E-state index in [0.717, 1.165) is 24.8 Å². The summed E-state index contributed by atoms with van der Waals surface area (Å²) in [6.07, 6.45) is 2.52. The van der Waals surface area contributed by atoms with E-state index in [2.05, 4.69) is 4.72 Å². The third-order valence-corrected chi connectivity index (χ3v) is 9.87. The first-order valence-corrected chi connectivity index (χ1v) is 14.8. The molecule has 2 heterocycles. The van der Waals surface area contributed by atoms with E-state index in [1.165, 1.54) is 17.5 Å². The van der Waals surface area contributed by atoms with Crippen molar-refractivity contribution in [3.8, 4) is 5.75 Å². The highest BCUT2D eigenvalue weighted by Gasteiger charge is 2.30. The van der Waals surface area contributed by atoms with E-state index in [4.69, 9.17) is 9.47 Å². The molecule has 9 nitrogen and oxygen atoms in total. The number of methoxy groups -OCH3 is 1. The average Bonchev–Trinajstić information content (AvgIpc) is 3.41. The second-order valence-electron chi connectivity index (χ2n) is 8.71. The van der Waals surface area contributed by atoms with E-state index in [-0.39, 0.29) is 35.5 Å². The van der Waals surface area contributed by atoms with Crippen molar-refractivity contribution in [3.05, 3.63) is 48.0 Å². The fraction of sp³-hybridized carbons (Fsp3) is 0.500. The number of anilines is 1. The number of nitrogens with one attached hydrogen (secondary N) is 1. The molecule has 0 saturated carbocycles. The third kappa shape index (κ3) is 5.80. The molecule has 2 saturated heterocycles. The van der Waals surface area contributed by atoms with Crippen LogP contribution in [0.1, 0.15) is 25.3 Å². The molecular weight excluding hydrogens is 490 g/mol. The predicted molar refractivity (Wildman–Crippen MR) is 134 cm³/mol. The Morgan fingerprint density at radius 3 is 2.29 bits per heavy atom. The molecule has 2 fully saturated rings. The number of benzene rings is 2. The van der Waals surface area contributed by atoms with Gasteiger partial charge in [0.1, 0.15) is 5.75 Å². The zero-order valence-electron chi connectivity index (χ0n) is 20.1. The minimum absolute atomic E-state index is 0.101. The molecule has 4 rings (SSSR count). The van der Waals surface area contributed by atoms with Gasteiger partial charge >= 0.3 is 0 Å². The van der Waals surface area contributed by atoms with Crippen molar-refractivity contribution in [3.63, 3.8) is 0 Å². The summed E-state index contributed by atoms with van der Waals surface area (Å²) in [6, 6.07) is 11.7. The summed E-state index contributed by atoms with van der Waals surface area (Å²) in [5, 5.41) is 0. The highest BCUT2D eigenvalue weighted by molar-refractivity contribution is 7.89. The molecule has 0 aliphatic carbocycles. The average molecular weight is 524 g/mol. The molecule has 0 unspecified atom stereocenters. The molecule has 35 heavy (non-hydrogen) atoms. The molecule has 2 aromatic carbocycles. The lowest BCUT2D eigenvalue weighted by Gasteiger charge is -2.36. The summed E-state index contributed by atoms with van der Waals surface area (Å²) < 4.78 is 67.1. The van der Waals surface area contributed by atoms with E-state index < -0.39 is 20.0 Å². The minimum atomic E-state index is -3.73. The second-order valence-corrected chi connectivity index (χ2v) is 12.4. The molecule has 1 N–H and O–H groups in total. The quantitative estimate of drug-likeness (QED) is 0.537. The van der Waals surface area contributed by atoms with Crippen molar-refractivity contribution in [2.24, 2.45) is 0 Å². The van der Waals surface area contributed by atoms with Crippen LogP contribution in [0.3, 0.4) is 0 Å². The number of hydrogen-bond donors (Lipinski definition) is 1. The van der Waals surface area contributed by atoms with Gasteiger partial charge < -0.3 is 14.4 Å². The molecular formula is C24H33N3O6S2. The summed E-state index contributed by atoms with van der Waals surface area (Å²) in [4.78, 5) is 2.38. The van der Waals surface area contributed by atoms with E-state index in [1.807, 2.05) is 24.0 Å². The van der Waals surface area contributed by atoms with Crippen LogP contribution in [0.25, 0.3) is 0 Å². The number of rotatable bonds is 9. The summed E-state index contributed by atoms with van der Waals surface area (Å²) in [7, 11) is -5.79.